The molecule has 6 nitrogen and oxygen atoms in total. The summed E-state index contributed by atoms with van der Waals surface area (Å²) in [7, 11) is 1.31. The molecule has 0 unspecified atom stereocenters. The van der Waals surface area contributed by atoms with Gasteiger partial charge < -0.3 is 14.0 Å². The lowest BCUT2D eigenvalue weighted by atomic mass is 10.1. The molecule has 0 atom stereocenters. The van der Waals surface area contributed by atoms with Crippen LogP contribution in [0.15, 0.2) is 28.8 Å². The van der Waals surface area contributed by atoms with Crippen molar-refractivity contribution in [2.24, 2.45) is 0 Å². The lowest BCUT2D eigenvalue weighted by Crippen LogP contribution is -2.01. The van der Waals surface area contributed by atoms with Gasteiger partial charge in [-0.2, -0.15) is 13.8 Å². The van der Waals surface area contributed by atoms with Gasteiger partial charge in [0.25, 0.3) is 0 Å². The average Bonchev–Trinajstić information content (AvgIpc) is 3.00. The number of halogens is 2. The van der Waals surface area contributed by atoms with E-state index in [0.717, 1.165) is 0 Å². The van der Waals surface area contributed by atoms with Gasteiger partial charge in [0.15, 0.2) is 0 Å². The Morgan fingerprint density at radius 1 is 1.32 bits per heavy atom. The summed E-state index contributed by atoms with van der Waals surface area (Å²) >= 11 is 0. The first kappa shape index (κ1) is 16.0. The molecule has 0 aliphatic heterocycles. The zero-order valence-electron chi connectivity index (χ0n) is 11.8. The number of ether oxygens (including phenoxy) is 2. The third-order valence-electron chi connectivity index (χ3n) is 2.83. The molecule has 0 N–H and O–H groups in total. The van der Waals surface area contributed by atoms with E-state index in [-0.39, 0.29) is 19.0 Å². The first-order chi connectivity index (χ1) is 10.6. The number of benzene rings is 1. The van der Waals surface area contributed by atoms with Gasteiger partial charge in [0.05, 0.1) is 20.1 Å². The fraction of sp³-hybridized carbons (Fsp3) is 0.357. The van der Waals surface area contributed by atoms with Crippen molar-refractivity contribution in [3.63, 3.8) is 0 Å². The smallest absolute Gasteiger partial charge is 0.345 e. The molecule has 1 aromatic carbocycles. The number of carbonyl (C=O) groups is 1. The molecule has 0 fully saturated rings. The average molecular weight is 312 g/mol. The lowest BCUT2D eigenvalue weighted by molar-refractivity contribution is -0.140. The van der Waals surface area contributed by atoms with Crippen LogP contribution in [0, 0.1) is 0 Å². The molecule has 2 rings (SSSR count). The molecule has 0 radical (unpaired) electrons. The van der Waals surface area contributed by atoms with Crippen LogP contribution in [0.2, 0.25) is 0 Å². The topological polar surface area (TPSA) is 74.5 Å². The molecule has 22 heavy (non-hydrogen) atoms. The fourth-order valence-electron chi connectivity index (χ4n) is 1.69. The van der Waals surface area contributed by atoms with Crippen LogP contribution in [0.4, 0.5) is 8.78 Å². The van der Waals surface area contributed by atoms with E-state index >= 15 is 0 Å². The number of hydrogen-bond donors (Lipinski definition) is 0. The summed E-state index contributed by atoms with van der Waals surface area (Å²) in [6.07, 6.45) is 0.446. The second kappa shape index (κ2) is 7.60. The van der Waals surface area contributed by atoms with Crippen molar-refractivity contribution in [3.05, 3.63) is 35.7 Å². The summed E-state index contributed by atoms with van der Waals surface area (Å²) in [4.78, 5) is 15.2. The quantitative estimate of drug-likeness (QED) is 0.732. The molecule has 0 aliphatic rings. The summed E-state index contributed by atoms with van der Waals surface area (Å²) in [6, 6.07) is 6.64. The van der Waals surface area contributed by atoms with Gasteiger partial charge in [0.1, 0.15) is 0 Å². The summed E-state index contributed by atoms with van der Waals surface area (Å²) < 4.78 is 37.6. The van der Waals surface area contributed by atoms with E-state index in [1.807, 2.05) is 0 Å². The van der Waals surface area contributed by atoms with Gasteiger partial charge in [-0.05, 0) is 5.56 Å². The number of carbonyl (C=O) groups excluding carboxylic acids is 1. The molecule has 0 amide bonds. The Labute approximate surface area is 125 Å². The Bertz CT molecular complexity index is 614. The van der Waals surface area contributed by atoms with Crippen molar-refractivity contribution in [3.8, 4) is 11.4 Å². The normalized spacial score (nSPS) is 10.9. The van der Waals surface area contributed by atoms with Crippen LogP contribution in [-0.4, -0.2) is 29.8 Å². The van der Waals surface area contributed by atoms with E-state index in [9.17, 15) is 13.6 Å². The zero-order chi connectivity index (χ0) is 15.9. The highest BCUT2D eigenvalue weighted by molar-refractivity contribution is 5.69. The first-order valence-corrected chi connectivity index (χ1v) is 6.47. The summed E-state index contributed by atoms with van der Waals surface area (Å²) in [5.74, 6) is 0.329. The molecule has 0 bridgehead atoms. The third-order valence-corrected chi connectivity index (χ3v) is 2.83. The molecule has 118 valence electrons. The predicted octanol–water partition coefficient (Wildman–Crippen LogP) is 2.58. The van der Waals surface area contributed by atoms with Crippen molar-refractivity contribution in [2.45, 2.75) is 26.1 Å². The number of nitrogens with zero attached hydrogens (tertiary/aromatic N) is 2. The molecule has 1 aromatic heterocycles. The van der Waals surface area contributed by atoms with Crippen molar-refractivity contribution < 1.29 is 27.6 Å². The fourth-order valence-corrected chi connectivity index (χ4v) is 1.69. The van der Waals surface area contributed by atoms with E-state index in [1.165, 1.54) is 7.11 Å². The van der Waals surface area contributed by atoms with Crippen molar-refractivity contribution >= 4 is 5.97 Å². The van der Waals surface area contributed by atoms with Crippen molar-refractivity contribution in [2.75, 3.05) is 7.11 Å². The number of rotatable bonds is 7. The van der Waals surface area contributed by atoms with E-state index in [1.54, 1.807) is 24.3 Å². The molecule has 1 heterocycles. The minimum atomic E-state index is -2.80. The van der Waals surface area contributed by atoms with Crippen molar-refractivity contribution in [1.29, 1.82) is 0 Å². The number of esters is 1. The largest absolute Gasteiger partial charge is 0.469 e. The van der Waals surface area contributed by atoms with Crippen LogP contribution >= 0.6 is 0 Å². The lowest BCUT2D eigenvalue weighted by Gasteiger charge is -2.03. The Hall–Kier alpha value is -2.35. The summed E-state index contributed by atoms with van der Waals surface area (Å²) in [5.41, 5.74) is 1.28. The van der Waals surface area contributed by atoms with Gasteiger partial charge in [-0.25, -0.2) is 0 Å². The monoisotopic (exact) mass is 312 g/mol. The number of aromatic nitrogens is 2. The summed E-state index contributed by atoms with van der Waals surface area (Å²) in [6.45, 7) is -2.97. The second-order valence-corrected chi connectivity index (χ2v) is 4.36. The van der Waals surface area contributed by atoms with E-state index in [0.29, 0.717) is 29.3 Å². The predicted molar refractivity (Wildman–Crippen MR) is 70.9 cm³/mol. The molecular formula is C14H14F2N2O4. The van der Waals surface area contributed by atoms with Gasteiger partial charge in [0.2, 0.25) is 11.7 Å². The maximum absolute atomic E-state index is 11.9. The third kappa shape index (κ3) is 4.59. The van der Waals surface area contributed by atoms with Crippen LogP contribution in [0.3, 0.4) is 0 Å². The Morgan fingerprint density at radius 2 is 2.05 bits per heavy atom. The van der Waals surface area contributed by atoms with Crippen molar-refractivity contribution in [1.82, 2.24) is 10.1 Å². The van der Waals surface area contributed by atoms with Crippen LogP contribution in [0.1, 0.15) is 17.9 Å². The Kier molecular flexibility index (Phi) is 5.54. The van der Waals surface area contributed by atoms with E-state index in [2.05, 4.69) is 19.6 Å². The van der Waals surface area contributed by atoms with Crippen LogP contribution in [-0.2, 0) is 27.3 Å². The second-order valence-electron chi connectivity index (χ2n) is 4.36. The molecular weight excluding hydrogens is 298 g/mol. The van der Waals surface area contributed by atoms with Gasteiger partial charge in [-0.15, -0.1) is 0 Å². The summed E-state index contributed by atoms with van der Waals surface area (Å²) in [5, 5.41) is 3.80. The Morgan fingerprint density at radius 3 is 2.68 bits per heavy atom. The number of hydrogen-bond acceptors (Lipinski definition) is 6. The minimum Gasteiger partial charge on any atom is -0.469 e. The Balaban J connectivity index is 1.97. The van der Waals surface area contributed by atoms with Gasteiger partial charge in [-0.3, -0.25) is 4.79 Å². The standard InChI is InChI=1S/C14H14F2N2O4/c1-20-12(19)7-6-11-17-13(18-22-11)10-4-2-9(3-5-10)8-21-14(15)16/h2-5,14H,6-8H2,1H3. The number of methoxy groups -OCH3 is 1. The van der Waals surface area contributed by atoms with E-state index < -0.39 is 6.61 Å². The molecule has 0 saturated carbocycles. The highest BCUT2D eigenvalue weighted by atomic mass is 19.3. The zero-order valence-corrected chi connectivity index (χ0v) is 11.8. The maximum Gasteiger partial charge on any atom is 0.345 e. The minimum absolute atomic E-state index is 0.155. The highest BCUT2D eigenvalue weighted by Gasteiger charge is 2.11. The van der Waals surface area contributed by atoms with Crippen LogP contribution in [0.25, 0.3) is 11.4 Å². The van der Waals surface area contributed by atoms with Gasteiger partial charge in [-0.1, -0.05) is 29.4 Å². The highest BCUT2D eigenvalue weighted by Crippen LogP contribution is 2.18. The molecule has 0 spiro atoms. The van der Waals surface area contributed by atoms with Gasteiger partial charge in [0, 0.05) is 12.0 Å². The number of aryl methyl sites for hydroxylation is 1. The molecule has 8 heteroatoms. The van der Waals surface area contributed by atoms with E-state index in [4.69, 9.17) is 4.52 Å². The first-order valence-electron chi connectivity index (χ1n) is 6.47. The molecule has 0 saturated heterocycles. The number of alkyl halides is 2. The van der Waals surface area contributed by atoms with Crippen LogP contribution in [0.5, 0.6) is 0 Å². The van der Waals surface area contributed by atoms with Crippen LogP contribution < -0.4 is 0 Å². The maximum atomic E-state index is 11.9. The SMILES string of the molecule is COC(=O)CCc1nc(-c2ccc(COC(F)F)cc2)no1. The molecule has 0 aliphatic carbocycles. The molecule has 2 aromatic rings. The van der Waals surface area contributed by atoms with Gasteiger partial charge >= 0.3 is 12.6 Å².